The van der Waals surface area contributed by atoms with Crippen LogP contribution < -0.4 is 0 Å². The molecule has 0 atom stereocenters. The second kappa shape index (κ2) is 16.7. The van der Waals surface area contributed by atoms with Crippen molar-refractivity contribution in [1.82, 2.24) is 0 Å². The number of hydrogen-bond donors (Lipinski definition) is 0. The number of benzene rings is 3. The molecule has 0 amide bonds. The van der Waals surface area contributed by atoms with Crippen LogP contribution in [-0.4, -0.2) is 0 Å². The van der Waals surface area contributed by atoms with Gasteiger partial charge in [-0.15, -0.1) is 6.58 Å². The average Bonchev–Trinajstić information content (AvgIpc) is 2.92. The summed E-state index contributed by atoms with van der Waals surface area (Å²) in [5.74, 6) is 2.25. The summed E-state index contributed by atoms with van der Waals surface area (Å²) in [7, 11) is 0. The molecule has 0 nitrogen and oxygen atoms in total. The standard InChI is InChI=1S/C30H34.C4H8.C3H8.C2H6/c1-3-21-8-10-24(11-9-21)26-16-18-30-27(20-26)17-19-29(28(30)4-2)25-14-12-23(13-15-25)22-6-5-7-22;1-2-4-3-1;1-3-2;1-2/h3,12-22,24H,1,4-11H2,2H3;1-4H2;3H2,1-2H3;1-2H3. The van der Waals surface area contributed by atoms with Crippen molar-refractivity contribution in [2.75, 3.05) is 0 Å². The lowest BCUT2D eigenvalue weighted by Gasteiger charge is -2.27. The summed E-state index contributed by atoms with van der Waals surface area (Å²) < 4.78 is 0. The Bertz CT molecular complexity index is 1100. The molecule has 0 heteroatoms. The molecule has 0 spiro atoms. The molecule has 6 rings (SSSR count). The van der Waals surface area contributed by atoms with Gasteiger partial charge in [0.2, 0.25) is 0 Å². The first-order chi connectivity index (χ1) is 19.2. The molecule has 3 aliphatic carbocycles. The van der Waals surface area contributed by atoms with Crippen LogP contribution in [0.4, 0.5) is 0 Å². The lowest BCUT2D eigenvalue weighted by Crippen LogP contribution is -2.11. The highest BCUT2D eigenvalue weighted by Gasteiger charge is 2.22. The Kier molecular flexibility index (Phi) is 13.3. The topological polar surface area (TPSA) is 0 Å². The van der Waals surface area contributed by atoms with Gasteiger partial charge >= 0.3 is 0 Å². The van der Waals surface area contributed by atoms with Gasteiger partial charge < -0.3 is 0 Å². The quantitative estimate of drug-likeness (QED) is 0.291. The molecule has 3 aliphatic rings. The summed E-state index contributed by atoms with van der Waals surface area (Å²) in [6.07, 6.45) is 19.8. The Morgan fingerprint density at radius 2 is 1.23 bits per heavy atom. The van der Waals surface area contributed by atoms with E-state index < -0.39 is 0 Å². The van der Waals surface area contributed by atoms with E-state index in [-0.39, 0.29) is 0 Å². The molecule has 0 heterocycles. The molecule has 0 radical (unpaired) electrons. The van der Waals surface area contributed by atoms with Gasteiger partial charge in [0.05, 0.1) is 0 Å². The lowest BCUT2D eigenvalue weighted by molar-refractivity contribution is 0.376. The van der Waals surface area contributed by atoms with Gasteiger partial charge in [0.15, 0.2) is 0 Å². The summed E-state index contributed by atoms with van der Waals surface area (Å²) in [6, 6.07) is 21.4. The highest BCUT2D eigenvalue weighted by Crippen LogP contribution is 2.40. The molecule has 0 aromatic heterocycles. The van der Waals surface area contributed by atoms with E-state index in [0.717, 1.165) is 24.2 Å². The minimum Gasteiger partial charge on any atom is -0.103 e. The van der Waals surface area contributed by atoms with Crippen molar-refractivity contribution >= 4 is 10.8 Å². The van der Waals surface area contributed by atoms with Crippen molar-refractivity contribution in [2.24, 2.45) is 5.92 Å². The fourth-order valence-corrected chi connectivity index (χ4v) is 5.93. The number of rotatable bonds is 5. The van der Waals surface area contributed by atoms with E-state index in [1.54, 1.807) is 0 Å². The van der Waals surface area contributed by atoms with Crippen molar-refractivity contribution in [1.29, 1.82) is 0 Å². The predicted molar refractivity (Wildman–Crippen MR) is 176 cm³/mol. The SMILES string of the molecule is C1CCC1.C=CC1CCC(c2ccc3c(CC)c(-c4ccc(C5CCC5)cc4)ccc3c2)CC1.CC.CCC. The van der Waals surface area contributed by atoms with Crippen molar-refractivity contribution in [2.45, 2.75) is 130 Å². The Hall–Kier alpha value is -2.34. The van der Waals surface area contributed by atoms with Gasteiger partial charge in [-0.25, -0.2) is 0 Å². The fraction of sp³-hybridized carbons (Fsp3) is 0.538. The molecule has 3 aromatic rings. The van der Waals surface area contributed by atoms with E-state index >= 15 is 0 Å². The van der Waals surface area contributed by atoms with Crippen LogP contribution in [0.15, 0.2) is 67.3 Å². The molecular weight excluding hydrogens is 468 g/mol. The van der Waals surface area contributed by atoms with Crippen molar-refractivity contribution < 1.29 is 0 Å². The molecule has 3 fully saturated rings. The van der Waals surface area contributed by atoms with E-state index in [1.165, 1.54) is 116 Å². The summed E-state index contributed by atoms with van der Waals surface area (Å²) in [5.41, 5.74) is 7.32. The van der Waals surface area contributed by atoms with Crippen LogP contribution in [0.25, 0.3) is 21.9 Å². The molecule has 0 unspecified atom stereocenters. The molecular formula is C39H56. The Morgan fingerprint density at radius 3 is 1.72 bits per heavy atom. The molecule has 0 aliphatic heterocycles. The van der Waals surface area contributed by atoms with E-state index in [4.69, 9.17) is 0 Å². The third kappa shape index (κ3) is 8.33. The van der Waals surface area contributed by atoms with Crippen LogP contribution in [0.1, 0.15) is 140 Å². The zero-order valence-corrected chi connectivity index (χ0v) is 25.9. The second-order valence-electron chi connectivity index (χ2n) is 11.6. The first-order valence-corrected chi connectivity index (χ1v) is 16.5. The molecule has 0 saturated heterocycles. The Morgan fingerprint density at radius 1 is 0.667 bits per heavy atom. The van der Waals surface area contributed by atoms with Gasteiger partial charge in [-0.3, -0.25) is 0 Å². The highest BCUT2D eigenvalue weighted by atomic mass is 14.3. The predicted octanol–water partition coefficient (Wildman–Crippen LogP) is 12.8. The monoisotopic (exact) mass is 524 g/mol. The maximum Gasteiger partial charge on any atom is -0.0146 e. The summed E-state index contributed by atoms with van der Waals surface area (Å²) in [4.78, 5) is 0. The number of fused-ring (bicyclic) bond motifs is 1. The maximum atomic E-state index is 4.00. The molecule has 3 saturated carbocycles. The van der Waals surface area contributed by atoms with Crippen molar-refractivity contribution in [3.63, 3.8) is 0 Å². The average molecular weight is 525 g/mol. The smallest absolute Gasteiger partial charge is 0.0146 e. The van der Waals surface area contributed by atoms with Gasteiger partial charge in [0.1, 0.15) is 0 Å². The van der Waals surface area contributed by atoms with Crippen LogP contribution in [0.5, 0.6) is 0 Å². The van der Waals surface area contributed by atoms with Gasteiger partial charge in [-0.05, 0) is 101 Å². The molecule has 0 N–H and O–H groups in total. The molecule has 0 bridgehead atoms. The van der Waals surface area contributed by atoms with Gasteiger partial charge in [0.25, 0.3) is 0 Å². The van der Waals surface area contributed by atoms with Crippen LogP contribution in [0.2, 0.25) is 0 Å². The van der Waals surface area contributed by atoms with Crippen molar-refractivity contribution in [3.8, 4) is 11.1 Å². The minimum absolute atomic E-state index is 0.717. The van der Waals surface area contributed by atoms with Crippen LogP contribution >= 0.6 is 0 Å². The molecule has 3 aromatic carbocycles. The van der Waals surface area contributed by atoms with Gasteiger partial charge in [-0.1, -0.05) is 134 Å². The van der Waals surface area contributed by atoms with Crippen LogP contribution in [0.3, 0.4) is 0 Å². The third-order valence-electron chi connectivity index (χ3n) is 8.88. The Balaban J connectivity index is 0.000000407. The number of hydrogen-bond acceptors (Lipinski definition) is 0. The zero-order valence-electron chi connectivity index (χ0n) is 25.9. The summed E-state index contributed by atoms with van der Waals surface area (Å²) in [6.45, 7) is 14.5. The van der Waals surface area contributed by atoms with E-state index in [2.05, 4.69) is 88.0 Å². The first-order valence-electron chi connectivity index (χ1n) is 16.5. The van der Waals surface area contributed by atoms with Crippen LogP contribution in [0, 0.1) is 5.92 Å². The largest absolute Gasteiger partial charge is 0.103 e. The molecule has 212 valence electrons. The third-order valence-corrected chi connectivity index (χ3v) is 8.88. The first kappa shape index (κ1) is 31.2. The summed E-state index contributed by atoms with van der Waals surface area (Å²) in [5, 5.41) is 2.84. The second-order valence-corrected chi connectivity index (χ2v) is 11.6. The van der Waals surface area contributed by atoms with Crippen molar-refractivity contribution in [3.05, 3.63) is 83.9 Å². The van der Waals surface area contributed by atoms with E-state index in [0.29, 0.717) is 0 Å². The number of allylic oxidation sites excluding steroid dienone is 1. The maximum absolute atomic E-state index is 4.00. The summed E-state index contributed by atoms with van der Waals surface area (Å²) >= 11 is 0. The van der Waals surface area contributed by atoms with Crippen LogP contribution in [-0.2, 0) is 6.42 Å². The lowest BCUT2D eigenvalue weighted by atomic mass is 9.78. The van der Waals surface area contributed by atoms with Gasteiger partial charge in [0, 0.05) is 0 Å². The fourth-order valence-electron chi connectivity index (χ4n) is 5.93. The highest BCUT2D eigenvalue weighted by molar-refractivity contribution is 5.92. The zero-order chi connectivity index (χ0) is 28.0. The number of aryl methyl sites for hydroxylation is 1. The normalized spacial score (nSPS) is 20.0. The van der Waals surface area contributed by atoms with Gasteiger partial charge in [-0.2, -0.15) is 0 Å². The van der Waals surface area contributed by atoms with E-state index in [1.807, 2.05) is 13.8 Å². The minimum atomic E-state index is 0.717. The molecule has 39 heavy (non-hydrogen) atoms. The van der Waals surface area contributed by atoms with E-state index in [9.17, 15) is 0 Å². The Labute approximate surface area is 241 Å².